The molecule has 4 N–H and O–H groups in total. The molecule has 115 heavy (non-hydrogen) atoms. The summed E-state index contributed by atoms with van der Waals surface area (Å²) in [5.41, 5.74) is 17.2. The van der Waals surface area contributed by atoms with Crippen molar-refractivity contribution >= 4 is 68.6 Å². The molecule has 4 aliphatic heterocycles. The average Bonchev–Trinajstić information content (AvgIpc) is 1.62. The van der Waals surface area contributed by atoms with Gasteiger partial charge in [-0.3, -0.25) is 9.59 Å². The van der Waals surface area contributed by atoms with Crippen LogP contribution in [0.2, 0.25) is 0 Å². The summed E-state index contributed by atoms with van der Waals surface area (Å²) >= 11 is 0. The third-order valence-corrected chi connectivity index (χ3v) is 26.5. The summed E-state index contributed by atoms with van der Waals surface area (Å²) in [5.74, 6) is 0.166. The Morgan fingerprint density at radius 3 is 1.06 bits per heavy atom. The SMILES string of the molecule is CCCCCCCCCCCCCC1CCN(CCCNC(=O)CCC2=C(C)c3cc4[nH]c(cc5[nH]c(cc6nc(cc2n3)C(CCC(=O)NCCCN2CCCN(C)CCCCN(C)CCCN(C)C(CCCCCCCCCCCCC)CC2)=C6C)c(CC)c5C)c(CC)c4C)CCCN(C)CCCCN(C)CCCN1C.Cl. The van der Waals surface area contributed by atoms with Crippen LogP contribution in [0.5, 0.6) is 0 Å². The van der Waals surface area contributed by atoms with Gasteiger partial charge in [0.25, 0.3) is 0 Å². The van der Waals surface area contributed by atoms with Crippen molar-refractivity contribution in [3.63, 3.8) is 0 Å². The molecule has 0 aromatic carbocycles. The van der Waals surface area contributed by atoms with Gasteiger partial charge >= 0.3 is 0 Å². The number of aromatic amines is 2. The fourth-order valence-corrected chi connectivity index (χ4v) is 18.7. The molecule has 2 unspecified atom stereocenters. The number of unbranched alkanes of at least 4 members (excludes halogenated alkanes) is 20. The quantitative estimate of drug-likeness (QED) is 0.0403. The number of allylic oxidation sites excluding steroid dienone is 4. The molecular formula is C98H173ClN14O2. The molecule has 8 bridgehead atoms. The van der Waals surface area contributed by atoms with Gasteiger partial charge in [-0.2, -0.15) is 0 Å². The first-order chi connectivity index (χ1) is 55.4. The Hall–Kier alpha value is -4.49. The number of rotatable bonds is 40. The number of hydrogen-bond donors (Lipinski definition) is 4. The van der Waals surface area contributed by atoms with Crippen molar-refractivity contribution in [2.24, 2.45) is 0 Å². The zero-order valence-corrected chi connectivity index (χ0v) is 77.4. The molecule has 4 aliphatic rings. The standard InChI is InChI=1S/C98H172N14O2.ClH/c1-15-19-21-23-25-27-29-31-33-35-37-49-83-55-73-111(71-47-65-107(11)61-41-39-59-105(9)63-45-67-109(83)13)69-43-57-99-97(113)53-51-87-81(7)90-75-89-79(5)85(17-3)93(101-89)76-91-80(6)86(18-4)94(102-91)77-92-82(8)88(96(104-92)78-95(87)103-90)52-54-98(114)100-58-44-70-112-72-48-66-108(12)62-42-40-60-106(10)64-46-68-110(14)84(56-74-112)50-38-36-34-32-30-28-26-24-22-20-16-2;/h75-78,83-84,101-102H,15-74H2,1-14H3,(H,99,113)(H,100,114);1H. The Bertz CT molecular complexity index is 3430. The number of carbonyl (C=O) groups is 2. The predicted molar refractivity (Wildman–Crippen MR) is 499 cm³/mol. The fraction of sp³-hybridized carbons (Fsp3) is 0.776. The van der Waals surface area contributed by atoms with Gasteiger partial charge < -0.3 is 59.8 Å². The number of H-pyrrole nitrogens is 2. The van der Waals surface area contributed by atoms with Crippen LogP contribution in [0.15, 0.2) is 24.3 Å². The maximum Gasteiger partial charge on any atom is 0.220 e. The molecular weight excluding hydrogens is 1440 g/mol. The van der Waals surface area contributed by atoms with Gasteiger partial charge in [-0.1, -0.05) is 169 Å². The van der Waals surface area contributed by atoms with E-state index in [1.165, 1.54) is 254 Å². The van der Waals surface area contributed by atoms with E-state index in [0.717, 1.165) is 184 Å². The van der Waals surface area contributed by atoms with Gasteiger partial charge in [0, 0.05) is 60.1 Å². The molecule has 0 radical (unpaired) electrons. The average molecular weight is 1620 g/mol. The summed E-state index contributed by atoms with van der Waals surface area (Å²) in [4.78, 5) is 68.4. The molecule has 3 aromatic heterocycles. The summed E-state index contributed by atoms with van der Waals surface area (Å²) in [6.45, 7) is 37.2. The highest BCUT2D eigenvalue weighted by Crippen LogP contribution is 2.39. The molecule has 3 aromatic rings. The van der Waals surface area contributed by atoms with E-state index in [-0.39, 0.29) is 24.2 Å². The third-order valence-electron chi connectivity index (χ3n) is 26.5. The van der Waals surface area contributed by atoms with Gasteiger partial charge in [0.1, 0.15) is 0 Å². The molecule has 2 amide bonds. The Morgan fingerprint density at radius 1 is 0.374 bits per heavy atom. The van der Waals surface area contributed by atoms with Crippen molar-refractivity contribution in [3.05, 3.63) is 69.3 Å². The van der Waals surface area contributed by atoms with Crippen LogP contribution in [0.3, 0.4) is 0 Å². The lowest BCUT2D eigenvalue weighted by atomic mass is 9.98. The van der Waals surface area contributed by atoms with Gasteiger partial charge in [-0.15, -0.1) is 12.4 Å². The summed E-state index contributed by atoms with van der Waals surface area (Å²) in [6.07, 6.45) is 50.6. The van der Waals surface area contributed by atoms with E-state index in [4.69, 9.17) is 9.97 Å². The summed E-state index contributed by atoms with van der Waals surface area (Å²) in [7, 11) is 14.1. The van der Waals surface area contributed by atoms with Crippen LogP contribution in [0.1, 0.15) is 343 Å². The molecule has 16 nitrogen and oxygen atoms in total. The van der Waals surface area contributed by atoms with E-state index in [1.807, 2.05) is 0 Å². The Kier molecular flexibility index (Phi) is 49.8. The van der Waals surface area contributed by atoms with Crippen LogP contribution in [0, 0.1) is 13.8 Å². The van der Waals surface area contributed by atoms with Crippen LogP contribution < -0.4 is 10.6 Å². The maximum atomic E-state index is 14.3. The van der Waals surface area contributed by atoms with Crippen LogP contribution in [0.25, 0.3) is 44.4 Å². The van der Waals surface area contributed by atoms with E-state index in [0.29, 0.717) is 50.9 Å². The van der Waals surface area contributed by atoms with Crippen LogP contribution in [0.4, 0.5) is 0 Å². The van der Waals surface area contributed by atoms with Gasteiger partial charge in [-0.25, -0.2) is 9.97 Å². The smallest absolute Gasteiger partial charge is 0.220 e. The van der Waals surface area contributed by atoms with Crippen LogP contribution >= 0.6 is 12.4 Å². The largest absolute Gasteiger partial charge is 0.356 e. The molecule has 0 aliphatic carbocycles. The Morgan fingerprint density at radius 2 is 0.696 bits per heavy atom. The normalized spacial score (nSPS) is 18.9. The zero-order valence-electron chi connectivity index (χ0n) is 76.6. The number of hydrogen-bond acceptors (Lipinski definition) is 12. The van der Waals surface area contributed by atoms with Crippen LogP contribution in [-0.4, -0.2) is 243 Å². The van der Waals surface area contributed by atoms with Crippen molar-refractivity contribution in [1.29, 1.82) is 0 Å². The Labute approximate surface area is 710 Å². The fourth-order valence-electron chi connectivity index (χ4n) is 18.7. The second-order valence-electron chi connectivity index (χ2n) is 36.0. The molecule has 17 heteroatoms. The molecule has 0 spiro atoms. The molecule has 0 saturated carbocycles. The number of nitrogens with one attached hydrogen (secondary N) is 4. The molecule has 2 atom stereocenters. The van der Waals surface area contributed by atoms with E-state index in [1.54, 1.807) is 0 Å². The molecule has 654 valence electrons. The second kappa shape index (κ2) is 57.7. The molecule has 7 rings (SSSR count). The number of nitrogens with zero attached hydrogens (tertiary/aromatic N) is 10. The Balaban J connectivity index is 0.0000206. The first-order valence-electron chi connectivity index (χ1n) is 47.7. The van der Waals surface area contributed by atoms with Gasteiger partial charge in [-0.05, 0) is 359 Å². The van der Waals surface area contributed by atoms with E-state index < -0.39 is 0 Å². The first-order valence-corrected chi connectivity index (χ1v) is 47.7. The third kappa shape index (κ3) is 36.8. The molecule has 7 heterocycles. The topological polar surface area (TPSA) is 141 Å². The molecule has 2 fully saturated rings. The molecule has 2 saturated heterocycles. The minimum Gasteiger partial charge on any atom is -0.356 e. The highest BCUT2D eigenvalue weighted by molar-refractivity contribution is 5.97. The minimum atomic E-state index is 0. The maximum absolute atomic E-state index is 14.3. The lowest BCUT2D eigenvalue weighted by molar-refractivity contribution is -0.121. The van der Waals surface area contributed by atoms with Gasteiger partial charge in [0.05, 0.1) is 22.8 Å². The monoisotopic (exact) mass is 1610 g/mol. The number of aromatic nitrogens is 4. The van der Waals surface area contributed by atoms with Crippen LogP contribution in [-0.2, 0) is 22.4 Å². The van der Waals surface area contributed by atoms with Crippen molar-refractivity contribution in [2.45, 2.75) is 337 Å². The van der Waals surface area contributed by atoms with Gasteiger partial charge in [0.2, 0.25) is 11.8 Å². The minimum absolute atomic E-state index is 0. The highest BCUT2D eigenvalue weighted by atomic mass is 35.5. The lowest BCUT2D eigenvalue weighted by Gasteiger charge is -2.32. The number of amides is 2. The van der Waals surface area contributed by atoms with Gasteiger partial charge in [0.15, 0.2) is 0 Å². The van der Waals surface area contributed by atoms with Crippen molar-refractivity contribution in [3.8, 4) is 0 Å². The van der Waals surface area contributed by atoms with E-state index >= 15 is 0 Å². The number of halogens is 1. The van der Waals surface area contributed by atoms with E-state index in [9.17, 15) is 9.59 Å². The first kappa shape index (κ1) is 99.3. The summed E-state index contributed by atoms with van der Waals surface area (Å²) in [5, 5.41) is 6.83. The summed E-state index contributed by atoms with van der Waals surface area (Å²) in [6, 6.07) is 10.1. The van der Waals surface area contributed by atoms with Crippen molar-refractivity contribution in [1.82, 2.24) is 69.8 Å². The predicted octanol–water partition coefficient (Wildman–Crippen LogP) is 21.2. The number of fused-ring (bicyclic) bond motifs is 8. The highest BCUT2D eigenvalue weighted by Gasteiger charge is 2.26. The van der Waals surface area contributed by atoms with Crippen molar-refractivity contribution in [2.75, 3.05) is 160 Å². The van der Waals surface area contributed by atoms with E-state index in [2.05, 4.69) is 182 Å². The van der Waals surface area contributed by atoms with Crippen molar-refractivity contribution < 1.29 is 9.59 Å². The second-order valence-corrected chi connectivity index (χ2v) is 36.0. The number of aryl methyl sites for hydroxylation is 4. The zero-order chi connectivity index (χ0) is 81.7. The lowest BCUT2D eigenvalue weighted by Crippen LogP contribution is -2.38. The number of carbonyl (C=O) groups excluding carboxylic acids is 2. The summed E-state index contributed by atoms with van der Waals surface area (Å²) < 4.78 is 0.